The number of carboxylic acid groups (broad SMARTS) is 1. The molecule has 0 saturated heterocycles. The van der Waals surface area contributed by atoms with Crippen molar-refractivity contribution in [1.82, 2.24) is 4.90 Å². The highest BCUT2D eigenvalue weighted by atomic mass is 79.9. The van der Waals surface area contributed by atoms with E-state index in [1.165, 1.54) is 4.90 Å². The van der Waals surface area contributed by atoms with Gasteiger partial charge in [0.15, 0.2) is 0 Å². The predicted molar refractivity (Wildman–Crippen MR) is 77.6 cm³/mol. The number of halogens is 2. The number of carboxylic acids is 1. The Balaban J connectivity index is 3.01. The van der Waals surface area contributed by atoms with Crippen LogP contribution in [0.4, 0.5) is 0 Å². The molecule has 0 fully saturated rings. The smallest absolute Gasteiger partial charge is 0.305 e. The summed E-state index contributed by atoms with van der Waals surface area (Å²) in [5, 5.41) is 9.28. The molecule has 0 heterocycles. The van der Waals surface area contributed by atoms with Crippen LogP contribution in [0.2, 0.25) is 5.02 Å². The lowest BCUT2D eigenvalue weighted by Crippen LogP contribution is -2.39. The van der Waals surface area contributed by atoms with Crippen LogP contribution in [0.5, 0.6) is 0 Å². The Morgan fingerprint density at radius 2 is 2.11 bits per heavy atom. The number of carbonyl (C=O) groups excluding carboxylic acids is 1. The van der Waals surface area contributed by atoms with E-state index in [0.717, 1.165) is 0 Å². The second-order valence-electron chi connectivity index (χ2n) is 4.16. The molecule has 1 rings (SSSR count). The van der Waals surface area contributed by atoms with E-state index in [1.807, 2.05) is 6.92 Å². The van der Waals surface area contributed by atoms with Crippen LogP contribution in [-0.4, -0.2) is 34.5 Å². The van der Waals surface area contributed by atoms with Gasteiger partial charge in [-0.25, -0.2) is 0 Å². The van der Waals surface area contributed by atoms with Gasteiger partial charge in [0.05, 0.1) is 12.0 Å². The minimum atomic E-state index is -0.927. The molecule has 1 aromatic carbocycles. The van der Waals surface area contributed by atoms with Gasteiger partial charge in [-0.1, -0.05) is 11.6 Å². The van der Waals surface area contributed by atoms with E-state index in [0.29, 0.717) is 21.6 Å². The van der Waals surface area contributed by atoms with Gasteiger partial charge in [-0.05, 0) is 48.0 Å². The van der Waals surface area contributed by atoms with E-state index >= 15 is 0 Å². The van der Waals surface area contributed by atoms with Crippen LogP contribution in [0, 0.1) is 0 Å². The van der Waals surface area contributed by atoms with Crippen molar-refractivity contribution in [3.05, 3.63) is 33.3 Å². The summed E-state index contributed by atoms with van der Waals surface area (Å²) >= 11 is 9.19. The Hall–Kier alpha value is -1.07. The number of hydrogen-bond acceptors (Lipinski definition) is 2. The molecule has 1 unspecified atom stereocenters. The molecule has 19 heavy (non-hydrogen) atoms. The lowest BCUT2D eigenvalue weighted by atomic mass is 10.1. The third kappa shape index (κ3) is 4.21. The van der Waals surface area contributed by atoms with Crippen molar-refractivity contribution in [2.24, 2.45) is 0 Å². The molecular weight excluding hydrogens is 334 g/mol. The molecule has 0 spiro atoms. The Morgan fingerprint density at radius 3 is 2.63 bits per heavy atom. The van der Waals surface area contributed by atoms with E-state index in [9.17, 15) is 9.59 Å². The number of aliphatic carboxylic acids is 1. The molecule has 0 aliphatic heterocycles. The van der Waals surface area contributed by atoms with Crippen molar-refractivity contribution in [2.45, 2.75) is 26.3 Å². The summed E-state index contributed by atoms with van der Waals surface area (Å²) in [7, 11) is 0. The van der Waals surface area contributed by atoms with Gasteiger partial charge in [0.25, 0.3) is 5.91 Å². The van der Waals surface area contributed by atoms with E-state index in [2.05, 4.69) is 15.9 Å². The summed E-state index contributed by atoms with van der Waals surface area (Å²) in [6.07, 6.45) is -0.0856. The highest BCUT2D eigenvalue weighted by Crippen LogP contribution is 2.23. The molecule has 0 aromatic heterocycles. The maximum atomic E-state index is 12.4. The number of amides is 1. The normalized spacial score (nSPS) is 12.0. The number of carbonyl (C=O) groups is 2. The first-order valence-corrected chi connectivity index (χ1v) is 7.01. The SMILES string of the molecule is CCN(C(=O)c1cc(Cl)ccc1Br)C(C)CC(=O)O. The second kappa shape index (κ2) is 6.91. The zero-order chi connectivity index (χ0) is 14.6. The van der Waals surface area contributed by atoms with Crippen LogP contribution in [0.3, 0.4) is 0 Å². The van der Waals surface area contributed by atoms with E-state index < -0.39 is 5.97 Å². The maximum Gasteiger partial charge on any atom is 0.305 e. The van der Waals surface area contributed by atoms with Crippen molar-refractivity contribution >= 4 is 39.4 Å². The molecule has 0 aliphatic carbocycles. The Labute approximate surface area is 125 Å². The Kier molecular flexibility index (Phi) is 5.82. The molecule has 4 nitrogen and oxygen atoms in total. The van der Waals surface area contributed by atoms with Gasteiger partial charge in [-0.3, -0.25) is 9.59 Å². The van der Waals surface area contributed by atoms with Gasteiger partial charge in [0.1, 0.15) is 0 Å². The minimum Gasteiger partial charge on any atom is -0.481 e. The fraction of sp³-hybridized carbons (Fsp3) is 0.385. The van der Waals surface area contributed by atoms with Crippen LogP contribution in [0.25, 0.3) is 0 Å². The number of benzene rings is 1. The molecule has 0 radical (unpaired) electrons. The Morgan fingerprint density at radius 1 is 1.47 bits per heavy atom. The number of nitrogens with zero attached hydrogens (tertiary/aromatic N) is 1. The quantitative estimate of drug-likeness (QED) is 0.887. The number of hydrogen-bond donors (Lipinski definition) is 1. The van der Waals surface area contributed by atoms with Crippen molar-refractivity contribution in [3.8, 4) is 0 Å². The molecule has 0 aliphatic rings. The molecule has 104 valence electrons. The molecule has 1 amide bonds. The van der Waals surface area contributed by atoms with Crippen LogP contribution in [-0.2, 0) is 4.79 Å². The summed E-state index contributed by atoms with van der Waals surface area (Å²) in [5.74, 6) is -1.16. The van der Waals surface area contributed by atoms with Gasteiger partial charge < -0.3 is 10.0 Å². The molecule has 0 saturated carbocycles. The highest BCUT2D eigenvalue weighted by Gasteiger charge is 2.23. The molecule has 6 heteroatoms. The van der Waals surface area contributed by atoms with Gasteiger partial charge >= 0.3 is 5.97 Å². The molecular formula is C13H15BrClNO3. The monoisotopic (exact) mass is 347 g/mol. The first-order valence-electron chi connectivity index (χ1n) is 5.84. The summed E-state index contributed by atoms with van der Waals surface area (Å²) in [5.41, 5.74) is 0.437. The Bertz CT molecular complexity index is 493. The molecule has 1 N–H and O–H groups in total. The summed E-state index contributed by atoms with van der Waals surface area (Å²) in [6.45, 7) is 3.97. The highest BCUT2D eigenvalue weighted by molar-refractivity contribution is 9.10. The van der Waals surface area contributed by atoms with E-state index in [1.54, 1.807) is 25.1 Å². The third-order valence-corrected chi connectivity index (χ3v) is 3.69. The fourth-order valence-corrected chi connectivity index (χ4v) is 2.42. The average Bonchev–Trinajstić information content (AvgIpc) is 2.32. The zero-order valence-corrected chi connectivity index (χ0v) is 13.0. The van der Waals surface area contributed by atoms with Crippen molar-refractivity contribution in [1.29, 1.82) is 0 Å². The van der Waals surface area contributed by atoms with Gasteiger partial charge in [0.2, 0.25) is 0 Å². The van der Waals surface area contributed by atoms with Gasteiger partial charge in [0, 0.05) is 22.1 Å². The standard InChI is InChI=1S/C13H15BrClNO3/c1-3-16(8(2)6-12(17)18)13(19)10-7-9(15)4-5-11(10)14/h4-5,7-8H,3,6H2,1-2H3,(H,17,18). The van der Waals surface area contributed by atoms with E-state index in [-0.39, 0.29) is 18.4 Å². The topological polar surface area (TPSA) is 57.6 Å². The van der Waals surface area contributed by atoms with Crippen molar-refractivity contribution in [3.63, 3.8) is 0 Å². The maximum absolute atomic E-state index is 12.4. The van der Waals surface area contributed by atoms with Gasteiger partial charge in [-0.2, -0.15) is 0 Å². The predicted octanol–water partition coefficient (Wildman–Crippen LogP) is 3.43. The molecule has 1 atom stereocenters. The van der Waals surface area contributed by atoms with E-state index in [4.69, 9.17) is 16.7 Å². The van der Waals surface area contributed by atoms with Gasteiger partial charge in [-0.15, -0.1) is 0 Å². The molecule has 0 bridgehead atoms. The minimum absolute atomic E-state index is 0.0856. The fourth-order valence-electron chi connectivity index (χ4n) is 1.83. The van der Waals surface area contributed by atoms with Crippen LogP contribution < -0.4 is 0 Å². The third-order valence-electron chi connectivity index (χ3n) is 2.76. The first kappa shape index (κ1) is 16.0. The average molecular weight is 349 g/mol. The van der Waals surface area contributed by atoms with Crippen LogP contribution in [0.15, 0.2) is 22.7 Å². The summed E-state index contributed by atoms with van der Waals surface area (Å²) in [6, 6.07) is 4.58. The van der Waals surface area contributed by atoms with Crippen molar-refractivity contribution < 1.29 is 14.7 Å². The van der Waals surface area contributed by atoms with Crippen molar-refractivity contribution in [2.75, 3.05) is 6.54 Å². The zero-order valence-electron chi connectivity index (χ0n) is 10.7. The van der Waals surface area contributed by atoms with Crippen LogP contribution >= 0.6 is 27.5 Å². The molecule has 1 aromatic rings. The largest absolute Gasteiger partial charge is 0.481 e. The summed E-state index contributed by atoms with van der Waals surface area (Å²) in [4.78, 5) is 24.7. The number of rotatable bonds is 5. The lowest BCUT2D eigenvalue weighted by Gasteiger charge is -2.27. The first-order chi connectivity index (χ1) is 8.86. The van der Waals surface area contributed by atoms with Crippen LogP contribution in [0.1, 0.15) is 30.6 Å². The lowest BCUT2D eigenvalue weighted by molar-refractivity contribution is -0.138. The second-order valence-corrected chi connectivity index (χ2v) is 5.45. The summed E-state index contributed by atoms with van der Waals surface area (Å²) < 4.78 is 0.642.